The van der Waals surface area contributed by atoms with E-state index in [0.29, 0.717) is 12.2 Å². The van der Waals surface area contributed by atoms with Crippen LogP contribution in [0.15, 0.2) is 53.5 Å². The minimum Gasteiger partial charge on any atom is -0.481 e. The molecule has 0 aliphatic rings. The monoisotopic (exact) mass is 439 g/mol. The number of rotatable bonds is 6. The molecule has 0 bridgehead atoms. The van der Waals surface area contributed by atoms with Crippen molar-refractivity contribution in [1.29, 1.82) is 0 Å². The maximum atomic E-state index is 10.8. The first-order valence-electron chi connectivity index (χ1n) is 8.87. The molecule has 4 rings (SSSR count). The van der Waals surface area contributed by atoms with Crippen LogP contribution in [-0.2, 0) is 24.3 Å². The number of carboxylic acid groups (broad SMARTS) is 1. The number of carbonyl (C=O) groups is 1. The van der Waals surface area contributed by atoms with Gasteiger partial charge in [0.2, 0.25) is 0 Å². The third-order valence-corrected chi connectivity index (χ3v) is 4.97. The summed E-state index contributed by atoms with van der Waals surface area (Å²) in [5.74, 6) is -0.000374. The van der Waals surface area contributed by atoms with E-state index in [1.54, 1.807) is 12.5 Å². The number of aliphatic carboxylic acids is 1. The molecule has 0 atom stereocenters. The topological polar surface area (TPSA) is 85.8 Å². The van der Waals surface area contributed by atoms with E-state index in [-0.39, 0.29) is 6.42 Å². The molecule has 1 aromatic carbocycles. The van der Waals surface area contributed by atoms with Crippen LogP contribution in [0.3, 0.4) is 0 Å². The summed E-state index contributed by atoms with van der Waals surface area (Å²) in [6.07, 6.45) is 5.11. The minimum atomic E-state index is -0.890. The lowest BCUT2D eigenvalue weighted by atomic mass is 10.2. The van der Waals surface area contributed by atoms with Gasteiger partial charge in [0.1, 0.15) is 5.82 Å². The number of carboxylic acids is 1. The van der Waals surface area contributed by atoms with E-state index in [2.05, 4.69) is 43.5 Å². The molecule has 7 nitrogen and oxygen atoms in total. The summed E-state index contributed by atoms with van der Waals surface area (Å²) in [6, 6.07) is 10.0. The first-order chi connectivity index (χ1) is 13.5. The van der Waals surface area contributed by atoms with Crippen LogP contribution < -0.4 is 0 Å². The van der Waals surface area contributed by atoms with Gasteiger partial charge >= 0.3 is 5.97 Å². The van der Waals surface area contributed by atoms with Crippen molar-refractivity contribution in [2.75, 3.05) is 0 Å². The zero-order valence-corrected chi connectivity index (χ0v) is 16.8. The van der Waals surface area contributed by atoms with Gasteiger partial charge in [-0.3, -0.25) is 9.78 Å². The summed E-state index contributed by atoms with van der Waals surface area (Å²) < 4.78 is 5.03. The van der Waals surface area contributed by atoms with Crippen molar-refractivity contribution in [1.82, 2.24) is 24.1 Å². The number of aromatic nitrogens is 5. The molecule has 28 heavy (non-hydrogen) atoms. The van der Waals surface area contributed by atoms with Crippen molar-refractivity contribution < 1.29 is 9.90 Å². The van der Waals surface area contributed by atoms with Crippen molar-refractivity contribution >= 4 is 32.9 Å². The highest BCUT2D eigenvalue weighted by Gasteiger charge is 2.12. The van der Waals surface area contributed by atoms with Crippen LogP contribution in [0.2, 0.25) is 0 Å². The molecule has 1 N–H and O–H groups in total. The second-order valence-electron chi connectivity index (χ2n) is 6.46. The molecule has 3 aromatic heterocycles. The number of aryl methyl sites for hydroxylation is 1. The first kappa shape index (κ1) is 18.4. The summed E-state index contributed by atoms with van der Waals surface area (Å²) in [7, 11) is 0. The van der Waals surface area contributed by atoms with Gasteiger partial charge in [0.15, 0.2) is 0 Å². The molecule has 0 aliphatic carbocycles. The Balaban J connectivity index is 1.59. The number of hydrogen-bond donors (Lipinski definition) is 1. The SMILES string of the molecule is CCn1c(-c2ccc(Cn3cnc(CC(=O)O)c3)nc2)nc2ccc(Br)cc21. The zero-order chi connectivity index (χ0) is 19.7. The molecule has 0 saturated carbocycles. The van der Waals surface area contributed by atoms with E-state index in [4.69, 9.17) is 10.1 Å². The Morgan fingerprint density at radius 3 is 2.75 bits per heavy atom. The highest BCUT2D eigenvalue weighted by molar-refractivity contribution is 9.10. The molecule has 0 radical (unpaired) electrons. The highest BCUT2D eigenvalue weighted by atomic mass is 79.9. The Hall–Kier alpha value is -3.00. The number of pyridine rings is 1. The van der Waals surface area contributed by atoms with Crippen LogP contribution in [0, 0.1) is 0 Å². The molecule has 0 amide bonds. The largest absolute Gasteiger partial charge is 0.481 e. The van der Waals surface area contributed by atoms with Crippen LogP contribution in [-0.4, -0.2) is 35.2 Å². The summed E-state index contributed by atoms with van der Waals surface area (Å²) >= 11 is 3.52. The van der Waals surface area contributed by atoms with Crippen LogP contribution in [0.4, 0.5) is 0 Å². The first-order valence-corrected chi connectivity index (χ1v) is 9.66. The summed E-state index contributed by atoms with van der Waals surface area (Å²) in [4.78, 5) is 24.2. The van der Waals surface area contributed by atoms with Crippen LogP contribution in [0.25, 0.3) is 22.4 Å². The summed E-state index contributed by atoms with van der Waals surface area (Å²) in [5.41, 5.74) is 4.39. The fraction of sp³-hybridized carbons (Fsp3) is 0.200. The van der Waals surface area contributed by atoms with Gasteiger partial charge in [0, 0.05) is 29.0 Å². The van der Waals surface area contributed by atoms with Gasteiger partial charge in [-0.15, -0.1) is 0 Å². The molecular weight excluding hydrogens is 422 g/mol. The Morgan fingerprint density at radius 1 is 1.18 bits per heavy atom. The number of benzene rings is 1. The Bertz CT molecular complexity index is 1150. The second-order valence-corrected chi connectivity index (χ2v) is 7.37. The van der Waals surface area contributed by atoms with E-state index in [0.717, 1.165) is 39.1 Å². The molecule has 0 saturated heterocycles. The van der Waals surface area contributed by atoms with E-state index < -0.39 is 5.97 Å². The van der Waals surface area contributed by atoms with Crippen molar-refractivity contribution in [2.24, 2.45) is 0 Å². The molecule has 142 valence electrons. The molecular formula is C20H18BrN5O2. The second kappa shape index (κ2) is 7.55. The lowest BCUT2D eigenvalue weighted by Gasteiger charge is -2.07. The number of imidazole rings is 2. The maximum Gasteiger partial charge on any atom is 0.309 e. The number of fused-ring (bicyclic) bond motifs is 1. The van der Waals surface area contributed by atoms with Gasteiger partial charge in [-0.2, -0.15) is 0 Å². The predicted molar refractivity (Wildman–Crippen MR) is 109 cm³/mol. The lowest BCUT2D eigenvalue weighted by molar-refractivity contribution is -0.136. The number of nitrogens with zero attached hydrogens (tertiary/aromatic N) is 5. The van der Waals surface area contributed by atoms with Gasteiger partial charge in [-0.25, -0.2) is 9.97 Å². The van der Waals surface area contributed by atoms with E-state index in [9.17, 15) is 4.79 Å². The fourth-order valence-electron chi connectivity index (χ4n) is 3.21. The highest BCUT2D eigenvalue weighted by Crippen LogP contribution is 2.26. The molecule has 3 heterocycles. The quantitative estimate of drug-likeness (QED) is 0.494. The smallest absolute Gasteiger partial charge is 0.309 e. The Kier molecular flexibility index (Phi) is 4.95. The van der Waals surface area contributed by atoms with Crippen molar-refractivity contribution in [3.8, 4) is 11.4 Å². The van der Waals surface area contributed by atoms with Crippen LogP contribution in [0.5, 0.6) is 0 Å². The summed E-state index contributed by atoms with van der Waals surface area (Å²) in [5, 5.41) is 8.84. The maximum absolute atomic E-state index is 10.8. The third kappa shape index (κ3) is 3.68. The van der Waals surface area contributed by atoms with Crippen LogP contribution in [0.1, 0.15) is 18.3 Å². The summed E-state index contributed by atoms with van der Waals surface area (Å²) in [6.45, 7) is 3.44. The zero-order valence-electron chi connectivity index (χ0n) is 15.2. The molecule has 0 spiro atoms. The molecule has 0 fully saturated rings. The lowest BCUT2D eigenvalue weighted by Crippen LogP contribution is -2.02. The molecule has 0 aliphatic heterocycles. The number of hydrogen-bond acceptors (Lipinski definition) is 4. The van der Waals surface area contributed by atoms with Gasteiger partial charge in [-0.05, 0) is 37.3 Å². The standard InChI is InChI=1S/C20H18BrN5O2/c1-2-26-18-7-14(21)4-6-17(18)24-20(26)13-3-5-15(22-9-13)10-25-11-16(23-12-25)8-19(27)28/h3-7,9,11-12H,2,8,10H2,1H3,(H,27,28). The van der Waals surface area contributed by atoms with Crippen LogP contribution >= 0.6 is 15.9 Å². The third-order valence-electron chi connectivity index (χ3n) is 4.47. The molecule has 0 unspecified atom stereocenters. The average Bonchev–Trinajstić information content (AvgIpc) is 3.25. The van der Waals surface area contributed by atoms with Crippen molar-refractivity contribution in [3.63, 3.8) is 0 Å². The van der Waals surface area contributed by atoms with E-state index in [1.807, 2.05) is 35.0 Å². The molecule has 8 heteroatoms. The van der Waals surface area contributed by atoms with Gasteiger partial charge in [-0.1, -0.05) is 15.9 Å². The molecule has 4 aromatic rings. The van der Waals surface area contributed by atoms with Crippen molar-refractivity contribution in [2.45, 2.75) is 26.4 Å². The van der Waals surface area contributed by atoms with Gasteiger partial charge in [0.25, 0.3) is 0 Å². The van der Waals surface area contributed by atoms with E-state index in [1.165, 1.54) is 0 Å². The minimum absolute atomic E-state index is 0.0806. The number of halogens is 1. The van der Waals surface area contributed by atoms with E-state index >= 15 is 0 Å². The normalized spacial score (nSPS) is 11.2. The van der Waals surface area contributed by atoms with Crippen molar-refractivity contribution in [3.05, 3.63) is 64.9 Å². The van der Waals surface area contributed by atoms with Gasteiger partial charge in [0.05, 0.1) is 41.7 Å². The fourth-order valence-corrected chi connectivity index (χ4v) is 3.56. The predicted octanol–water partition coefficient (Wildman–Crippen LogP) is 3.75. The average molecular weight is 440 g/mol. The van der Waals surface area contributed by atoms with Gasteiger partial charge < -0.3 is 14.2 Å². The Labute approximate surface area is 169 Å². The Morgan fingerprint density at radius 2 is 2.04 bits per heavy atom.